The van der Waals surface area contributed by atoms with Crippen LogP contribution in [0.25, 0.3) is 0 Å². The highest BCUT2D eigenvalue weighted by atomic mass is 79.9. The summed E-state index contributed by atoms with van der Waals surface area (Å²) >= 11 is 3.14. The lowest BCUT2D eigenvalue weighted by molar-refractivity contribution is -0.225. The van der Waals surface area contributed by atoms with Gasteiger partial charge in [-0.25, -0.2) is 26.4 Å². The first kappa shape index (κ1) is 27.9. The Bertz CT molecular complexity index is 910. The number of sulfone groups is 1. The molecule has 0 fully saturated rings. The van der Waals surface area contributed by atoms with Gasteiger partial charge in [0.15, 0.2) is 9.84 Å². The van der Waals surface area contributed by atoms with E-state index in [2.05, 4.69) is 15.9 Å². The van der Waals surface area contributed by atoms with E-state index < -0.39 is 61.2 Å². The molecule has 0 N–H and O–H groups in total. The van der Waals surface area contributed by atoms with Crippen LogP contribution in [0.1, 0.15) is 54.0 Å². The molecule has 1 atom stereocenters. The van der Waals surface area contributed by atoms with E-state index in [1.54, 1.807) is 6.92 Å². The van der Waals surface area contributed by atoms with Gasteiger partial charge in [-0.05, 0) is 66.7 Å². The Morgan fingerprint density at radius 3 is 2.13 bits per heavy atom. The van der Waals surface area contributed by atoms with Gasteiger partial charge in [0, 0.05) is 10.0 Å². The van der Waals surface area contributed by atoms with E-state index in [0.717, 1.165) is 32.9 Å². The van der Waals surface area contributed by atoms with Gasteiger partial charge in [-0.2, -0.15) is 0 Å². The largest absolute Gasteiger partial charge is 0.464 e. The zero-order valence-corrected chi connectivity index (χ0v) is 21.2. The second-order valence-corrected chi connectivity index (χ2v) is 12.7. The number of halogens is 4. The first-order valence-electron chi connectivity index (χ1n) is 9.67. The van der Waals surface area contributed by atoms with Crippen molar-refractivity contribution >= 4 is 31.7 Å². The Balaban J connectivity index is 3.65. The van der Waals surface area contributed by atoms with Crippen LogP contribution in [0.5, 0.6) is 0 Å². The second kappa shape index (κ2) is 9.39. The first-order valence-corrected chi connectivity index (χ1v) is 12.1. The maximum Gasteiger partial charge on any atom is 0.332 e. The molecule has 178 valence electrons. The van der Waals surface area contributed by atoms with E-state index in [4.69, 9.17) is 9.47 Å². The van der Waals surface area contributed by atoms with Crippen LogP contribution in [0.15, 0.2) is 22.7 Å². The van der Waals surface area contributed by atoms with E-state index >= 15 is 8.78 Å². The summed E-state index contributed by atoms with van der Waals surface area (Å²) < 4.78 is 81.8. The van der Waals surface area contributed by atoms with Crippen LogP contribution in [0, 0.1) is 5.82 Å². The molecular formula is C21H30BrF3O5S. The van der Waals surface area contributed by atoms with Crippen LogP contribution in [-0.4, -0.2) is 49.6 Å². The molecule has 0 spiro atoms. The number of alkyl halides is 2. The molecule has 1 aromatic carbocycles. The molecule has 0 heterocycles. The van der Waals surface area contributed by atoms with E-state index in [1.807, 2.05) is 0 Å². The predicted molar refractivity (Wildman–Crippen MR) is 117 cm³/mol. The van der Waals surface area contributed by atoms with Gasteiger partial charge in [0.1, 0.15) is 18.0 Å². The number of ether oxygens (including phenoxy) is 2. The van der Waals surface area contributed by atoms with Gasteiger partial charge < -0.3 is 9.47 Å². The maximum absolute atomic E-state index is 16.1. The molecule has 0 aliphatic rings. The minimum absolute atomic E-state index is 0.0454. The number of carbonyl (C=O) groups is 1. The van der Waals surface area contributed by atoms with Gasteiger partial charge in [0.05, 0.1) is 22.5 Å². The van der Waals surface area contributed by atoms with Crippen molar-refractivity contribution in [2.75, 3.05) is 19.0 Å². The van der Waals surface area contributed by atoms with Crippen LogP contribution in [0.2, 0.25) is 0 Å². The molecule has 0 aliphatic heterocycles. The van der Waals surface area contributed by atoms with Crippen LogP contribution in [-0.2, 0) is 29.5 Å². The van der Waals surface area contributed by atoms with Gasteiger partial charge in [-0.3, -0.25) is 0 Å². The van der Waals surface area contributed by atoms with Crippen molar-refractivity contribution in [3.05, 3.63) is 34.1 Å². The molecule has 0 radical (unpaired) electrons. The summed E-state index contributed by atoms with van der Waals surface area (Å²) in [6.45, 7) is 8.07. The highest BCUT2D eigenvalue weighted by Gasteiger charge is 2.64. The van der Waals surface area contributed by atoms with Crippen molar-refractivity contribution in [3.8, 4) is 0 Å². The highest BCUT2D eigenvalue weighted by Crippen LogP contribution is 2.50. The molecule has 31 heavy (non-hydrogen) atoms. The molecule has 0 aromatic heterocycles. The second-order valence-electron chi connectivity index (χ2n) is 9.01. The van der Waals surface area contributed by atoms with Crippen molar-refractivity contribution in [1.29, 1.82) is 0 Å². The number of hydrogen-bond acceptors (Lipinski definition) is 5. The van der Waals surface area contributed by atoms with Crippen LogP contribution >= 0.6 is 15.9 Å². The first-order chi connectivity index (χ1) is 13.8. The highest BCUT2D eigenvalue weighted by molar-refractivity contribution is 9.10. The topological polar surface area (TPSA) is 69.7 Å². The molecule has 5 nitrogen and oxygen atoms in total. The van der Waals surface area contributed by atoms with Gasteiger partial charge in [0.2, 0.25) is 0 Å². The molecule has 0 saturated carbocycles. The van der Waals surface area contributed by atoms with E-state index in [1.165, 1.54) is 26.8 Å². The Hall–Kier alpha value is -1.13. The van der Waals surface area contributed by atoms with Crippen molar-refractivity contribution in [1.82, 2.24) is 0 Å². The number of rotatable bonds is 9. The summed E-state index contributed by atoms with van der Waals surface area (Å²) in [6, 6.07) is 3.46. The standard InChI is InChI=1S/C21H30BrF3O5S/c1-8-29-17(26)12-30-19(5,6)21(24,25)20(7,13-31(27,28)18(2,3)4)15-11-14(22)9-10-16(15)23/h9-11H,8,12-13H2,1-7H3/t20-/m1/s1. The number of hydrogen-bond donors (Lipinski definition) is 0. The summed E-state index contributed by atoms with van der Waals surface area (Å²) in [5.74, 6) is -6.79. The molecule has 0 saturated heterocycles. The normalized spacial score (nSPS) is 15.5. The SMILES string of the molecule is CCOC(=O)COC(C)(C)C(F)(F)[C@](C)(CS(=O)(=O)C(C)(C)C)c1cc(Br)ccc1F. The molecule has 0 aliphatic carbocycles. The summed E-state index contributed by atoms with van der Waals surface area (Å²) in [6.07, 6.45) is 0. The van der Waals surface area contributed by atoms with Gasteiger partial charge in [-0.1, -0.05) is 15.9 Å². The summed E-state index contributed by atoms with van der Waals surface area (Å²) in [5, 5.41) is 0. The van der Waals surface area contributed by atoms with Crippen LogP contribution < -0.4 is 0 Å². The minimum Gasteiger partial charge on any atom is -0.464 e. The Morgan fingerprint density at radius 2 is 1.65 bits per heavy atom. The average molecular weight is 531 g/mol. The molecule has 0 bridgehead atoms. The molecule has 0 amide bonds. The van der Waals surface area contributed by atoms with Gasteiger partial charge in [0.25, 0.3) is 5.92 Å². The molecular weight excluding hydrogens is 501 g/mol. The lowest BCUT2D eigenvalue weighted by Crippen LogP contribution is -2.61. The maximum atomic E-state index is 16.1. The quantitative estimate of drug-likeness (QED) is 0.417. The summed E-state index contributed by atoms with van der Waals surface area (Å²) in [7, 11) is -4.13. The molecule has 10 heteroatoms. The van der Waals surface area contributed by atoms with E-state index in [9.17, 15) is 17.6 Å². The Morgan fingerprint density at radius 1 is 1.10 bits per heavy atom. The fraction of sp³-hybridized carbons (Fsp3) is 0.667. The third-order valence-electron chi connectivity index (χ3n) is 5.24. The van der Waals surface area contributed by atoms with Crippen molar-refractivity contribution in [2.24, 2.45) is 0 Å². The summed E-state index contributed by atoms with van der Waals surface area (Å²) in [4.78, 5) is 11.6. The Labute approximate surface area is 190 Å². The van der Waals surface area contributed by atoms with Crippen molar-refractivity contribution in [3.63, 3.8) is 0 Å². The summed E-state index contributed by atoms with van der Waals surface area (Å²) in [5.41, 5.74) is -5.34. The fourth-order valence-corrected chi connectivity index (χ4v) is 4.94. The van der Waals surface area contributed by atoms with E-state index in [-0.39, 0.29) is 6.61 Å². The smallest absolute Gasteiger partial charge is 0.332 e. The number of esters is 1. The average Bonchev–Trinajstić information content (AvgIpc) is 2.60. The molecule has 1 rings (SSSR count). The third-order valence-corrected chi connectivity index (χ3v) is 8.56. The zero-order valence-electron chi connectivity index (χ0n) is 18.8. The number of benzene rings is 1. The van der Waals surface area contributed by atoms with E-state index in [0.29, 0.717) is 4.47 Å². The Kier molecular flexibility index (Phi) is 8.45. The zero-order chi connectivity index (χ0) is 24.5. The van der Waals surface area contributed by atoms with Gasteiger partial charge >= 0.3 is 5.97 Å². The lowest BCUT2D eigenvalue weighted by atomic mass is 9.72. The van der Waals surface area contributed by atoms with Gasteiger partial charge in [-0.15, -0.1) is 0 Å². The third kappa shape index (κ3) is 5.82. The van der Waals surface area contributed by atoms with Crippen molar-refractivity contribution in [2.45, 2.75) is 70.2 Å². The monoisotopic (exact) mass is 530 g/mol. The number of carbonyl (C=O) groups excluding carboxylic acids is 1. The lowest BCUT2D eigenvalue weighted by Gasteiger charge is -2.46. The van der Waals surface area contributed by atoms with Crippen molar-refractivity contribution < 1.29 is 35.9 Å². The van der Waals surface area contributed by atoms with Crippen LogP contribution in [0.3, 0.4) is 0 Å². The minimum atomic E-state index is -4.13. The fourth-order valence-electron chi connectivity index (χ4n) is 3.05. The molecule has 0 unspecified atom stereocenters. The molecule has 1 aromatic rings. The predicted octanol–water partition coefficient (Wildman–Crippen LogP) is 5.05. The van der Waals surface area contributed by atoms with Crippen LogP contribution in [0.4, 0.5) is 13.2 Å².